The maximum atomic E-state index is 5.33. The van der Waals surface area contributed by atoms with Gasteiger partial charge in [0.15, 0.2) is 17.5 Å². The molecule has 0 radical (unpaired) electrons. The van der Waals surface area contributed by atoms with Gasteiger partial charge in [0.25, 0.3) is 0 Å². The van der Waals surface area contributed by atoms with Crippen molar-refractivity contribution in [2.24, 2.45) is 0 Å². The first-order valence-electron chi connectivity index (χ1n) is 20.0. The van der Waals surface area contributed by atoms with Gasteiger partial charge in [0, 0.05) is 68.5 Å². The van der Waals surface area contributed by atoms with E-state index in [0.717, 1.165) is 49.7 Å². The van der Waals surface area contributed by atoms with Crippen molar-refractivity contribution >= 4 is 76.1 Å². The third kappa shape index (κ3) is 5.03. The minimum Gasteiger partial charge on any atom is -0.295 e. The molecule has 4 aromatic heterocycles. The molecule has 0 amide bonds. The molecule has 1 aliphatic heterocycles. The molecule has 280 valence electrons. The highest BCUT2D eigenvalue weighted by Gasteiger charge is 2.30. The van der Waals surface area contributed by atoms with Crippen molar-refractivity contribution in [3.05, 3.63) is 188 Å². The Hall–Kier alpha value is -7.32. The zero-order valence-corrected chi connectivity index (χ0v) is 33.6. The molecule has 7 heteroatoms. The summed E-state index contributed by atoms with van der Waals surface area (Å²) in [5.41, 5.74) is 10.9. The average Bonchev–Trinajstić information content (AvgIpc) is 3.98. The Morgan fingerprint density at radius 3 is 1.95 bits per heavy atom. The van der Waals surface area contributed by atoms with Crippen molar-refractivity contribution in [3.63, 3.8) is 0 Å². The molecule has 0 N–H and O–H groups in total. The van der Waals surface area contributed by atoms with Crippen LogP contribution in [0.3, 0.4) is 0 Å². The molecule has 13 rings (SSSR count). The molecule has 0 atom stereocenters. The molecule has 5 heterocycles. The van der Waals surface area contributed by atoms with Gasteiger partial charge in [0.05, 0.1) is 16.7 Å². The lowest BCUT2D eigenvalue weighted by Crippen LogP contribution is -2.07. The SMILES string of the molecule is c1ccc(-c2nc(-c3cccc(-c4ccc5c(c4)sc4ccccc45)c3)nc(-c3cccc4c3Sc3cccc5c6c7ccccc7n(-c7ccccc7)c6n-4c35)n2)cc1. The normalized spacial score (nSPS) is 12.3. The number of fused-ring (bicyclic) bond motifs is 10. The molecule has 0 spiro atoms. The van der Waals surface area contributed by atoms with E-state index in [4.69, 9.17) is 15.0 Å². The first kappa shape index (κ1) is 33.6. The first-order chi connectivity index (χ1) is 29.7. The molecular weight excluding hydrogens is 771 g/mol. The smallest absolute Gasteiger partial charge is 0.165 e. The second-order valence-electron chi connectivity index (χ2n) is 15.2. The second-order valence-corrected chi connectivity index (χ2v) is 17.3. The fourth-order valence-electron chi connectivity index (χ4n) is 9.10. The van der Waals surface area contributed by atoms with Crippen LogP contribution in [0, 0.1) is 0 Å². The maximum absolute atomic E-state index is 5.33. The van der Waals surface area contributed by atoms with Crippen molar-refractivity contribution in [2.45, 2.75) is 9.79 Å². The highest BCUT2D eigenvalue weighted by atomic mass is 32.2. The highest BCUT2D eigenvalue weighted by Crippen LogP contribution is 2.51. The molecular formula is C53H31N5S2. The lowest BCUT2D eigenvalue weighted by Gasteiger charge is -2.23. The third-order valence-electron chi connectivity index (χ3n) is 11.8. The Morgan fingerprint density at radius 2 is 1.07 bits per heavy atom. The van der Waals surface area contributed by atoms with Gasteiger partial charge in [0.1, 0.15) is 5.65 Å². The Morgan fingerprint density at radius 1 is 0.417 bits per heavy atom. The van der Waals surface area contributed by atoms with Crippen LogP contribution in [0.25, 0.3) is 110 Å². The van der Waals surface area contributed by atoms with E-state index in [1.165, 1.54) is 52.3 Å². The average molecular weight is 802 g/mol. The summed E-state index contributed by atoms with van der Waals surface area (Å²) in [5, 5.41) is 6.34. The van der Waals surface area contributed by atoms with Crippen molar-refractivity contribution < 1.29 is 0 Å². The van der Waals surface area contributed by atoms with E-state index in [1.54, 1.807) is 11.8 Å². The lowest BCUT2D eigenvalue weighted by atomic mass is 10.0. The van der Waals surface area contributed by atoms with E-state index >= 15 is 0 Å². The number of nitrogens with zero attached hydrogens (tertiary/aromatic N) is 5. The van der Waals surface area contributed by atoms with Crippen LogP contribution in [0.5, 0.6) is 0 Å². The van der Waals surface area contributed by atoms with Crippen LogP contribution < -0.4 is 0 Å². The molecule has 0 aliphatic carbocycles. The van der Waals surface area contributed by atoms with E-state index in [0.29, 0.717) is 17.5 Å². The van der Waals surface area contributed by atoms with Gasteiger partial charge in [-0.05, 0) is 65.7 Å². The van der Waals surface area contributed by atoms with Crippen molar-refractivity contribution in [3.8, 4) is 56.7 Å². The fraction of sp³-hybridized carbons (Fsp3) is 0. The summed E-state index contributed by atoms with van der Waals surface area (Å²) < 4.78 is 7.47. The highest BCUT2D eigenvalue weighted by molar-refractivity contribution is 8.00. The number of benzene rings is 8. The second kappa shape index (κ2) is 13.1. The number of thiophene rings is 1. The van der Waals surface area contributed by atoms with Crippen LogP contribution in [0.15, 0.2) is 198 Å². The van der Waals surface area contributed by atoms with Gasteiger partial charge in [-0.15, -0.1) is 11.3 Å². The largest absolute Gasteiger partial charge is 0.295 e. The van der Waals surface area contributed by atoms with E-state index in [1.807, 2.05) is 29.5 Å². The van der Waals surface area contributed by atoms with E-state index < -0.39 is 0 Å². The van der Waals surface area contributed by atoms with Crippen LogP contribution in [0.4, 0.5) is 0 Å². The Labute approximate surface area is 352 Å². The molecule has 0 saturated carbocycles. The van der Waals surface area contributed by atoms with Gasteiger partial charge < -0.3 is 0 Å². The van der Waals surface area contributed by atoms with Crippen molar-refractivity contribution in [2.75, 3.05) is 0 Å². The monoisotopic (exact) mass is 801 g/mol. The van der Waals surface area contributed by atoms with Crippen LogP contribution in [0.2, 0.25) is 0 Å². The van der Waals surface area contributed by atoms with Gasteiger partial charge in [-0.25, -0.2) is 15.0 Å². The van der Waals surface area contributed by atoms with Gasteiger partial charge in [-0.2, -0.15) is 0 Å². The van der Waals surface area contributed by atoms with Crippen LogP contribution in [-0.2, 0) is 0 Å². The van der Waals surface area contributed by atoms with Crippen molar-refractivity contribution in [1.29, 1.82) is 0 Å². The van der Waals surface area contributed by atoms with Gasteiger partial charge in [0.2, 0.25) is 0 Å². The number of hydrogen-bond acceptors (Lipinski definition) is 5. The fourth-order valence-corrected chi connectivity index (χ4v) is 11.4. The molecule has 0 bridgehead atoms. The zero-order valence-electron chi connectivity index (χ0n) is 32.0. The van der Waals surface area contributed by atoms with Gasteiger partial charge in [-0.1, -0.05) is 145 Å². The molecule has 8 aromatic carbocycles. The van der Waals surface area contributed by atoms with Crippen LogP contribution in [0.1, 0.15) is 0 Å². The Bertz CT molecular complexity index is 3690. The maximum Gasteiger partial charge on any atom is 0.165 e. The van der Waals surface area contributed by atoms with Crippen molar-refractivity contribution in [1.82, 2.24) is 24.1 Å². The zero-order chi connectivity index (χ0) is 39.3. The predicted octanol–water partition coefficient (Wildman–Crippen LogP) is 14.4. The van der Waals surface area contributed by atoms with E-state index in [9.17, 15) is 0 Å². The molecule has 1 aliphatic rings. The standard InChI is InChI=1S/C53H31N5S2/c1-3-14-32(15-4-1)50-54-51(35-17-11-16-33(30-35)34-28-29-38-37-20-8-10-26-44(37)59-46(38)31-34)56-52(55-50)41-23-12-25-43-49(41)60-45-27-13-22-40-47-39-21-7-9-24-42(39)57(36-18-5-2-6-19-36)53(47)58(43)48(40)45/h1-31H. The number of rotatable bonds is 5. The number of aromatic nitrogens is 5. The first-order valence-corrected chi connectivity index (χ1v) is 21.7. The lowest BCUT2D eigenvalue weighted by molar-refractivity contribution is 1.02. The summed E-state index contributed by atoms with van der Waals surface area (Å²) in [6.07, 6.45) is 0. The topological polar surface area (TPSA) is 48.5 Å². The summed E-state index contributed by atoms with van der Waals surface area (Å²) in [5.74, 6) is 1.92. The third-order valence-corrected chi connectivity index (χ3v) is 14.1. The molecule has 0 saturated heterocycles. The van der Waals surface area contributed by atoms with Crippen LogP contribution in [-0.4, -0.2) is 24.1 Å². The molecule has 5 nitrogen and oxygen atoms in total. The predicted molar refractivity (Wildman–Crippen MR) is 250 cm³/mol. The summed E-state index contributed by atoms with van der Waals surface area (Å²) in [7, 11) is 0. The van der Waals surface area contributed by atoms with E-state index in [2.05, 4.69) is 179 Å². The Balaban J connectivity index is 1.02. The number of para-hydroxylation sites is 3. The van der Waals surface area contributed by atoms with Crippen LogP contribution >= 0.6 is 23.1 Å². The van der Waals surface area contributed by atoms with Gasteiger partial charge >= 0.3 is 0 Å². The summed E-state index contributed by atoms with van der Waals surface area (Å²) in [6.45, 7) is 0. The van der Waals surface area contributed by atoms with Gasteiger partial charge in [-0.3, -0.25) is 9.13 Å². The molecule has 12 aromatic rings. The summed E-state index contributed by atoms with van der Waals surface area (Å²) in [4.78, 5) is 18.1. The molecule has 0 fully saturated rings. The Kier molecular flexibility index (Phi) is 7.34. The minimum atomic E-state index is 0.636. The van der Waals surface area contributed by atoms with E-state index in [-0.39, 0.29) is 0 Å². The minimum absolute atomic E-state index is 0.636. The summed E-state index contributed by atoms with van der Waals surface area (Å²) in [6, 6.07) is 67.0. The molecule has 60 heavy (non-hydrogen) atoms. The quantitative estimate of drug-likeness (QED) is 0.174. The summed E-state index contributed by atoms with van der Waals surface area (Å²) >= 11 is 3.64. The molecule has 0 unspecified atom stereocenters. The number of hydrogen-bond donors (Lipinski definition) is 0.